The van der Waals surface area contributed by atoms with Crippen molar-refractivity contribution in [1.29, 1.82) is 5.26 Å². The summed E-state index contributed by atoms with van der Waals surface area (Å²) in [5, 5.41) is 9.51. The van der Waals surface area contributed by atoms with Crippen molar-refractivity contribution in [3.8, 4) is 11.8 Å². The van der Waals surface area contributed by atoms with Crippen molar-refractivity contribution in [1.82, 2.24) is 4.57 Å². The number of rotatable bonds is 4. The van der Waals surface area contributed by atoms with Gasteiger partial charge in [-0.2, -0.15) is 5.26 Å². The number of alkyl halides is 3. The molecule has 0 bridgehead atoms. The second-order valence-electron chi connectivity index (χ2n) is 4.50. The molecule has 0 saturated carbocycles. The lowest BCUT2D eigenvalue weighted by Gasteiger charge is -2.09. The van der Waals surface area contributed by atoms with Crippen LogP contribution in [0.5, 0.6) is 0 Å². The predicted molar refractivity (Wildman–Crippen MR) is 88.3 cm³/mol. The Morgan fingerprint density at radius 1 is 1.08 bits per heavy atom. The summed E-state index contributed by atoms with van der Waals surface area (Å²) in [6.07, 6.45) is -1.23. The second-order valence-corrected chi connectivity index (χ2v) is 8.49. The number of nitrogens with zero attached hydrogens (tertiary/aromatic N) is 2. The minimum absolute atomic E-state index is 0.115. The summed E-state index contributed by atoms with van der Waals surface area (Å²) in [5.74, 6) is 0. The molecule has 4 nitrogen and oxygen atoms in total. The van der Waals surface area contributed by atoms with Gasteiger partial charge in [0.2, 0.25) is 9.84 Å². The lowest BCUT2D eigenvalue weighted by atomic mass is 10.3. The fourth-order valence-electron chi connectivity index (χ4n) is 1.85. The van der Waals surface area contributed by atoms with Crippen LogP contribution in [-0.4, -0.2) is 24.1 Å². The lowest BCUT2D eigenvalue weighted by molar-refractivity contribution is 0.163. The topological polar surface area (TPSA) is 62.9 Å². The maximum absolute atomic E-state index is 12.7. The number of nitriles is 1. The average molecular weight is 434 g/mol. The molecular weight excluding hydrogens is 428 g/mol. The van der Waals surface area contributed by atoms with Crippen LogP contribution in [0.15, 0.2) is 29.4 Å². The molecule has 0 fully saturated rings. The molecule has 0 spiro atoms. The van der Waals surface area contributed by atoms with Crippen molar-refractivity contribution >= 4 is 56.2 Å². The van der Waals surface area contributed by atoms with E-state index in [1.54, 1.807) is 6.07 Å². The fourth-order valence-corrected chi connectivity index (χ4v) is 3.96. The first-order chi connectivity index (χ1) is 11.1. The van der Waals surface area contributed by atoms with Gasteiger partial charge < -0.3 is 4.57 Å². The Bertz CT molecular complexity index is 938. The van der Waals surface area contributed by atoms with Crippen LogP contribution in [0.3, 0.4) is 0 Å². The molecule has 0 aliphatic heterocycles. The van der Waals surface area contributed by atoms with Crippen molar-refractivity contribution in [3.05, 3.63) is 45.2 Å². The number of hydrogen-bond donors (Lipinski definition) is 0. The standard InChI is InChI=1S/C13H6Cl4F2N2O2S/c14-7-1-9(16)10(2-8(7)15)21-4-6(3-20)11(5-21)24(22,23)12(17)13(18)19/h1-2,4-5,12-13H. The van der Waals surface area contributed by atoms with Crippen molar-refractivity contribution in [2.24, 2.45) is 0 Å². The van der Waals surface area contributed by atoms with Crippen LogP contribution >= 0.6 is 46.4 Å². The minimum atomic E-state index is -4.63. The number of benzene rings is 1. The highest BCUT2D eigenvalue weighted by molar-refractivity contribution is 7.93. The quantitative estimate of drug-likeness (QED) is 0.508. The Labute approximate surface area is 156 Å². The van der Waals surface area contributed by atoms with Crippen LogP contribution in [0, 0.1) is 11.3 Å². The summed E-state index contributed by atoms with van der Waals surface area (Å²) in [5.41, 5.74) is -0.143. The third-order valence-electron chi connectivity index (χ3n) is 2.98. The van der Waals surface area contributed by atoms with E-state index in [-0.39, 0.29) is 26.3 Å². The van der Waals surface area contributed by atoms with Gasteiger partial charge in [0.1, 0.15) is 11.0 Å². The summed E-state index contributed by atoms with van der Waals surface area (Å²) in [7, 11) is -4.63. The highest BCUT2D eigenvalue weighted by Gasteiger charge is 2.36. The normalized spacial score (nSPS) is 13.1. The van der Waals surface area contributed by atoms with Gasteiger partial charge in [0, 0.05) is 12.4 Å². The minimum Gasteiger partial charge on any atom is -0.320 e. The maximum atomic E-state index is 12.7. The van der Waals surface area contributed by atoms with Crippen molar-refractivity contribution in [2.45, 2.75) is 16.0 Å². The molecule has 1 aromatic carbocycles. The zero-order valence-electron chi connectivity index (χ0n) is 11.4. The number of hydrogen-bond acceptors (Lipinski definition) is 3. The molecule has 128 valence electrons. The number of sulfone groups is 1. The molecule has 0 saturated heterocycles. The van der Waals surface area contributed by atoms with E-state index in [0.717, 1.165) is 12.4 Å². The highest BCUT2D eigenvalue weighted by Crippen LogP contribution is 2.34. The molecule has 0 radical (unpaired) electrons. The molecule has 1 heterocycles. The average Bonchev–Trinajstić information content (AvgIpc) is 2.94. The largest absolute Gasteiger partial charge is 0.320 e. The van der Waals surface area contributed by atoms with Gasteiger partial charge in [-0.1, -0.05) is 46.4 Å². The lowest BCUT2D eigenvalue weighted by Crippen LogP contribution is -2.23. The van der Waals surface area contributed by atoms with Gasteiger partial charge in [-0.3, -0.25) is 0 Å². The van der Waals surface area contributed by atoms with Crippen molar-refractivity contribution < 1.29 is 17.2 Å². The molecular formula is C13H6Cl4F2N2O2S. The van der Waals surface area contributed by atoms with Gasteiger partial charge >= 0.3 is 0 Å². The molecule has 0 amide bonds. The summed E-state index contributed by atoms with van der Waals surface area (Å²) in [6.45, 7) is 0. The molecule has 24 heavy (non-hydrogen) atoms. The molecule has 0 aliphatic rings. The van der Waals surface area contributed by atoms with Crippen molar-refractivity contribution in [2.75, 3.05) is 0 Å². The zero-order valence-corrected chi connectivity index (χ0v) is 15.2. The molecule has 0 N–H and O–H groups in total. The third-order valence-corrected chi connectivity index (χ3v) is 6.64. The smallest absolute Gasteiger partial charge is 0.269 e. The van der Waals surface area contributed by atoms with Gasteiger partial charge in [0.05, 0.1) is 26.3 Å². The molecule has 0 aliphatic carbocycles. The van der Waals surface area contributed by atoms with Crippen LogP contribution in [-0.2, 0) is 9.84 Å². The molecule has 11 heteroatoms. The van der Waals surface area contributed by atoms with Crippen molar-refractivity contribution in [3.63, 3.8) is 0 Å². The summed E-state index contributed by atoms with van der Waals surface area (Å²) >= 11 is 23.0. The van der Waals surface area contributed by atoms with Crippen LogP contribution in [0.2, 0.25) is 15.1 Å². The number of halogens is 6. The Hall–Kier alpha value is -1.04. The second kappa shape index (κ2) is 7.06. The fraction of sp³-hybridized carbons (Fsp3) is 0.154. The first-order valence-electron chi connectivity index (χ1n) is 6.02. The first-order valence-corrected chi connectivity index (χ1v) is 9.14. The van der Waals surface area contributed by atoms with Crippen LogP contribution in [0.1, 0.15) is 5.56 Å². The Kier molecular flexibility index (Phi) is 5.68. The van der Waals surface area contributed by atoms with E-state index in [2.05, 4.69) is 0 Å². The summed E-state index contributed by atoms with van der Waals surface area (Å²) < 4.78 is 48.3. The molecule has 2 aromatic rings. The zero-order chi connectivity index (χ0) is 18.2. The van der Waals surface area contributed by atoms with E-state index < -0.39 is 25.9 Å². The Balaban J connectivity index is 2.65. The molecule has 1 unspecified atom stereocenters. The Morgan fingerprint density at radius 2 is 1.67 bits per heavy atom. The van der Waals surface area contributed by atoms with Gasteiger partial charge in [0.25, 0.3) is 6.43 Å². The highest BCUT2D eigenvalue weighted by atomic mass is 35.5. The van der Waals surface area contributed by atoms with Gasteiger partial charge in [0.15, 0.2) is 4.71 Å². The SMILES string of the molecule is N#Cc1cn(-c2cc(Cl)c(Cl)cc2Cl)cc1S(=O)(=O)C(Cl)C(F)F. The van der Waals surface area contributed by atoms with E-state index in [0.29, 0.717) is 0 Å². The van der Waals surface area contributed by atoms with Gasteiger partial charge in [-0.15, -0.1) is 0 Å². The van der Waals surface area contributed by atoms with Crippen LogP contribution in [0.4, 0.5) is 8.78 Å². The molecule has 1 aromatic heterocycles. The molecule has 2 rings (SSSR count). The van der Waals surface area contributed by atoms with E-state index in [9.17, 15) is 17.2 Å². The summed E-state index contributed by atoms with van der Waals surface area (Å²) in [6, 6.07) is 4.29. The maximum Gasteiger partial charge on any atom is 0.269 e. The third kappa shape index (κ3) is 3.48. The predicted octanol–water partition coefficient (Wildman–Crippen LogP) is 4.91. The number of aromatic nitrogens is 1. The summed E-state index contributed by atoms with van der Waals surface area (Å²) in [4.78, 5) is -0.632. The van der Waals surface area contributed by atoms with E-state index in [1.165, 1.54) is 16.7 Å². The van der Waals surface area contributed by atoms with Crippen LogP contribution in [0.25, 0.3) is 5.69 Å². The van der Waals surface area contributed by atoms with E-state index >= 15 is 0 Å². The van der Waals surface area contributed by atoms with Gasteiger partial charge in [-0.25, -0.2) is 17.2 Å². The molecule has 1 atom stereocenters. The van der Waals surface area contributed by atoms with E-state index in [4.69, 9.17) is 51.7 Å². The van der Waals surface area contributed by atoms with Crippen LogP contribution < -0.4 is 0 Å². The van der Waals surface area contributed by atoms with Gasteiger partial charge in [-0.05, 0) is 12.1 Å². The monoisotopic (exact) mass is 432 g/mol. The van der Waals surface area contributed by atoms with E-state index in [1.807, 2.05) is 0 Å². The Morgan fingerprint density at radius 3 is 2.21 bits per heavy atom. The first kappa shape index (κ1) is 19.3.